The van der Waals surface area contributed by atoms with Crippen molar-refractivity contribution >= 4 is 11.8 Å². The maximum absolute atomic E-state index is 10.9. The van der Waals surface area contributed by atoms with Crippen LogP contribution in [-0.4, -0.2) is 29.2 Å². The van der Waals surface area contributed by atoms with Crippen molar-refractivity contribution in [1.29, 1.82) is 0 Å². The van der Waals surface area contributed by atoms with Gasteiger partial charge in [-0.15, -0.1) is 0 Å². The molecule has 1 saturated heterocycles. The maximum Gasteiger partial charge on any atom is 0.243 e. The fourth-order valence-electron chi connectivity index (χ4n) is 1.17. The predicted molar refractivity (Wildman–Crippen MR) is 45.5 cm³/mol. The van der Waals surface area contributed by atoms with E-state index in [1.54, 1.807) is 0 Å². The van der Waals surface area contributed by atoms with Gasteiger partial charge >= 0.3 is 0 Å². The molecular weight excluding hydrogens is 172 g/mol. The minimum Gasteiger partial charge on any atom is -0.372 e. The number of rotatable bonds is 2. The molecule has 0 aromatic carbocycles. The molecule has 5 nitrogen and oxygen atoms in total. The average molecular weight is 184 g/mol. The van der Waals surface area contributed by atoms with Crippen LogP contribution in [0.1, 0.15) is 12.8 Å². The summed E-state index contributed by atoms with van der Waals surface area (Å²) in [6.07, 6.45) is 0.902. The first-order valence-corrected chi connectivity index (χ1v) is 4.04. The second-order valence-corrected chi connectivity index (χ2v) is 2.87. The molecule has 3 N–H and O–H groups in total. The first-order chi connectivity index (χ1) is 6.13. The zero-order valence-electron chi connectivity index (χ0n) is 7.12. The Bertz CT molecular complexity index is 240. The Morgan fingerprint density at radius 2 is 2.46 bits per heavy atom. The van der Waals surface area contributed by atoms with Crippen molar-refractivity contribution in [3.8, 4) is 0 Å². The Kier molecular flexibility index (Phi) is 3.02. The molecule has 1 rings (SSSR count). The van der Waals surface area contributed by atoms with Gasteiger partial charge < -0.3 is 15.7 Å². The van der Waals surface area contributed by atoms with Crippen molar-refractivity contribution in [2.24, 2.45) is 0 Å². The molecule has 5 heteroatoms. The van der Waals surface area contributed by atoms with Crippen LogP contribution in [0.3, 0.4) is 0 Å². The summed E-state index contributed by atoms with van der Waals surface area (Å²) in [7, 11) is 0. The molecule has 0 radical (unpaired) electrons. The van der Waals surface area contributed by atoms with E-state index in [2.05, 4.69) is 17.2 Å². The number of carbonyl (C=O) groups excluding carboxylic acids is 2. The van der Waals surface area contributed by atoms with E-state index in [0.717, 1.165) is 6.08 Å². The van der Waals surface area contributed by atoms with Gasteiger partial charge in [0.15, 0.2) is 0 Å². The van der Waals surface area contributed by atoms with Crippen molar-refractivity contribution in [1.82, 2.24) is 10.6 Å². The molecule has 1 aliphatic heterocycles. The molecule has 2 unspecified atom stereocenters. The third-order valence-electron chi connectivity index (χ3n) is 1.89. The summed E-state index contributed by atoms with van der Waals surface area (Å²) in [6, 6.07) is -0.414. The lowest BCUT2D eigenvalue weighted by molar-refractivity contribution is -0.130. The first-order valence-electron chi connectivity index (χ1n) is 4.04. The highest BCUT2D eigenvalue weighted by molar-refractivity contribution is 5.87. The van der Waals surface area contributed by atoms with Crippen LogP contribution < -0.4 is 10.6 Å². The largest absolute Gasteiger partial charge is 0.372 e. The molecule has 2 amide bonds. The van der Waals surface area contributed by atoms with Gasteiger partial charge in [-0.3, -0.25) is 9.59 Å². The number of piperidine rings is 1. The van der Waals surface area contributed by atoms with Crippen LogP contribution in [0.25, 0.3) is 0 Å². The lowest BCUT2D eigenvalue weighted by atomic mass is 10.1. The van der Waals surface area contributed by atoms with Gasteiger partial charge in [-0.2, -0.15) is 0 Å². The first kappa shape index (κ1) is 9.73. The summed E-state index contributed by atoms with van der Waals surface area (Å²) >= 11 is 0. The summed E-state index contributed by atoms with van der Waals surface area (Å²) in [4.78, 5) is 21.6. The van der Waals surface area contributed by atoms with Crippen molar-refractivity contribution < 1.29 is 14.7 Å². The minimum atomic E-state index is -0.995. The molecule has 0 bridgehead atoms. The number of amides is 2. The third-order valence-corrected chi connectivity index (χ3v) is 1.89. The molecule has 13 heavy (non-hydrogen) atoms. The van der Waals surface area contributed by atoms with Crippen LogP contribution in [0.2, 0.25) is 0 Å². The van der Waals surface area contributed by atoms with E-state index >= 15 is 0 Å². The molecule has 72 valence electrons. The fraction of sp³-hybridized carbons (Fsp3) is 0.500. The molecule has 1 heterocycles. The van der Waals surface area contributed by atoms with Crippen LogP contribution in [0.15, 0.2) is 12.7 Å². The Balaban J connectivity index is 2.46. The van der Waals surface area contributed by atoms with E-state index in [1.165, 1.54) is 0 Å². The van der Waals surface area contributed by atoms with Crippen LogP contribution in [-0.2, 0) is 9.59 Å². The van der Waals surface area contributed by atoms with Gasteiger partial charge in [-0.25, -0.2) is 0 Å². The van der Waals surface area contributed by atoms with Gasteiger partial charge in [-0.1, -0.05) is 6.58 Å². The minimum absolute atomic E-state index is 0.198. The Labute approximate surface area is 75.8 Å². The Morgan fingerprint density at radius 3 is 3.00 bits per heavy atom. The van der Waals surface area contributed by atoms with Crippen LogP contribution in [0.4, 0.5) is 0 Å². The lowest BCUT2D eigenvalue weighted by Crippen LogP contribution is -2.55. The fourth-order valence-corrected chi connectivity index (χ4v) is 1.17. The molecule has 0 aromatic heterocycles. The topological polar surface area (TPSA) is 78.4 Å². The highest BCUT2D eigenvalue weighted by Gasteiger charge is 2.27. The van der Waals surface area contributed by atoms with E-state index in [9.17, 15) is 14.7 Å². The Morgan fingerprint density at radius 1 is 1.77 bits per heavy atom. The lowest BCUT2D eigenvalue weighted by Gasteiger charge is -2.28. The van der Waals surface area contributed by atoms with E-state index < -0.39 is 12.3 Å². The smallest absolute Gasteiger partial charge is 0.243 e. The number of carbonyl (C=O) groups is 2. The van der Waals surface area contributed by atoms with Crippen LogP contribution >= 0.6 is 0 Å². The molecule has 1 fully saturated rings. The number of hydrogen-bond acceptors (Lipinski definition) is 3. The predicted octanol–water partition coefficient (Wildman–Crippen LogP) is -1.11. The molecule has 0 spiro atoms. The standard InChI is InChI=1S/C8H12N2O3/c1-2-6(11)9-5-3-4-7(12)10-8(5)13/h2,5,8,13H,1,3-4H2,(H,9,11)(H,10,12). The second-order valence-electron chi connectivity index (χ2n) is 2.87. The highest BCUT2D eigenvalue weighted by atomic mass is 16.3. The van der Waals surface area contributed by atoms with E-state index in [1.807, 2.05) is 0 Å². The molecular formula is C8H12N2O3. The van der Waals surface area contributed by atoms with Gasteiger partial charge in [0, 0.05) is 6.42 Å². The molecule has 1 aliphatic rings. The van der Waals surface area contributed by atoms with Gasteiger partial charge in [0.25, 0.3) is 0 Å². The van der Waals surface area contributed by atoms with Gasteiger partial charge in [0.1, 0.15) is 6.23 Å². The molecule has 0 aliphatic carbocycles. The molecule has 2 atom stereocenters. The SMILES string of the molecule is C=CC(=O)NC1CCC(=O)NC1O. The summed E-state index contributed by atoms with van der Waals surface area (Å²) in [5.74, 6) is -0.545. The summed E-state index contributed by atoms with van der Waals surface area (Å²) in [6.45, 7) is 3.29. The van der Waals surface area contributed by atoms with Crippen molar-refractivity contribution in [3.05, 3.63) is 12.7 Å². The van der Waals surface area contributed by atoms with Crippen molar-refractivity contribution in [2.75, 3.05) is 0 Å². The van der Waals surface area contributed by atoms with E-state index in [-0.39, 0.29) is 11.8 Å². The summed E-state index contributed by atoms with van der Waals surface area (Å²) in [5.41, 5.74) is 0. The van der Waals surface area contributed by atoms with Crippen LogP contribution in [0, 0.1) is 0 Å². The maximum atomic E-state index is 10.9. The molecule has 0 aromatic rings. The van der Waals surface area contributed by atoms with Crippen LogP contribution in [0.5, 0.6) is 0 Å². The Hall–Kier alpha value is -1.36. The highest BCUT2D eigenvalue weighted by Crippen LogP contribution is 2.07. The van der Waals surface area contributed by atoms with Crippen molar-refractivity contribution in [2.45, 2.75) is 25.1 Å². The normalized spacial score (nSPS) is 27.6. The number of aliphatic hydroxyl groups is 1. The van der Waals surface area contributed by atoms with E-state index in [0.29, 0.717) is 12.8 Å². The number of aliphatic hydroxyl groups excluding tert-OH is 1. The third kappa shape index (κ3) is 2.55. The number of hydrogen-bond donors (Lipinski definition) is 3. The quantitative estimate of drug-likeness (QED) is 0.476. The monoisotopic (exact) mass is 184 g/mol. The zero-order chi connectivity index (χ0) is 9.84. The summed E-state index contributed by atoms with van der Waals surface area (Å²) < 4.78 is 0. The van der Waals surface area contributed by atoms with Gasteiger partial charge in [-0.05, 0) is 12.5 Å². The van der Waals surface area contributed by atoms with Gasteiger partial charge in [0.05, 0.1) is 6.04 Å². The summed E-state index contributed by atoms with van der Waals surface area (Å²) in [5, 5.41) is 14.1. The average Bonchev–Trinajstić information content (AvgIpc) is 2.09. The number of nitrogens with one attached hydrogen (secondary N) is 2. The van der Waals surface area contributed by atoms with Crippen molar-refractivity contribution in [3.63, 3.8) is 0 Å². The zero-order valence-corrected chi connectivity index (χ0v) is 7.12. The van der Waals surface area contributed by atoms with E-state index in [4.69, 9.17) is 0 Å². The second kappa shape index (κ2) is 4.04. The van der Waals surface area contributed by atoms with Gasteiger partial charge in [0.2, 0.25) is 11.8 Å². The molecule has 0 saturated carbocycles.